The van der Waals surface area contributed by atoms with E-state index in [-0.39, 0.29) is 13.2 Å². The molecular formula is C32H40N4O8. The molecule has 4 N–H and O–H groups in total. The number of nitrogens with one attached hydrogen (secondary N) is 3. The molecule has 1 heterocycles. The van der Waals surface area contributed by atoms with Gasteiger partial charge in [-0.05, 0) is 63.9 Å². The van der Waals surface area contributed by atoms with E-state index in [1.807, 2.05) is 30.3 Å². The summed E-state index contributed by atoms with van der Waals surface area (Å²) in [4.78, 5) is 51.2. The predicted molar refractivity (Wildman–Crippen MR) is 163 cm³/mol. The van der Waals surface area contributed by atoms with Crippen molar-refractivity contribution in [3.05, 3.63) is 84.2 Å². The number of rotatable bonds is 13. The van der Waals surface area contributed by atoms with Crippen molar-refractivity contribution in [3.63, 3.8) is 0 Å². The van der Waals surface area contributed by atoms with E-state index in [2.05, 4.69) is 16.0 Å². The van der Waals surface area contributed by atoms with E-state index in [1.165, 1.54) is 37.9 Å². The molecule has 12 nitrogen and oxygen atoms in total. The zero-order valence-electron chi connectivity index (χ0n) is 25.7. The molecule has 2 aromatic carbocycles. The monoisotopic (exact) mass is 608 g/mol. The van der Waals surface area contributed by atoms with Crippen LogP contribution >= 0.6 is 0 Å². The Balaban J connectivity index is 1.76. The van der Waals surface area contributed by atoms with Gasteiger partial charge in [0, 0.05) is 12.4 Å². The van der Waals surface area contributed by atoms with Gasteiger partial charge in [-0.25, -0.2) is 9.59 Å². The van der Waals surface area contributed by atoms with Crippen molar-refractivity contribution in [1.82, 2.24) is 15.2 Å². The first-order valence-corrected chi connectivity index (χ1v) is 14.0. The molecule has 0 aliphatic rings. The van der Waals surface area contributed by atoms with E-state index in [4.69, 9.17) is 14.2 Å². The van der Waals surface area contributed by atoms with Gasteiger partial charge in [-0.2, -0.15) is 0 Å². The SMILES string of the molecule is COc1ccc(C(C(=O)O)n2ccc(NC(=O)C(COCc3ccccc3)NC(=O)C(C)(C)NC(=O)OC(C)(C)C)c2)cc1. The summed E-state index contributed by atoms with van der Waals surface area (Å²) >= 11 is 0. The molecule has 3 rings (SSSR count). The highest BCUT2D eigenvalue weighted by atomic mass is 16.6. The third kappa shape index (κ3) is 9.87. The molecule has 0 saturated heterocycles. The second kappa shape index (κ2) is 14.6. The van der Waals surface area contributed by atoms with Crippen molar-refractivity contribution in [2.45, 2.75) is 64.4 Å². The van der Waals surface area contributed by atoms with Crippen LogP contribution in [0.15, 0.2) is 73.1 Å². The van der Waals surface area contributed by atoms with Crippen molar-refractivity contribution < 1.29 is 38.5 Å². The lowest BCUT2D eigenvalue weighted by Crippen LogP contribution is -2.59. The zero-order valence-corrected chi connectivity index (χ0v) is 25.7. The molecule has 2 unspecified atom stereocenters. The Labute approximate surface area is 256 Å². The van der Waals surface area contributed by atoms with Crippen LogP contribution in [-0.4, -0.2) is 64.4 Å². The Hall–Kier alpha value is -4.84. The number of carboxylic acids is 1. The van der Waals surface area contributed by atoms with Crippen molar-refractivity contribution in [2.24, 2.45) is 0 Å². The van der Waals surface area contributed by atoms with E-state index < -0.39 is 47.1 Å². The summed E-state index contributed by atoms with van der Waals surface area (Å²) in [7, 11) is 1.52. The van der Waals surface area contributed by atoms with E-state index in [0.29, 0.717) is 17.0 Å². The van der Waals surface area contributed by atoms with E-state index in [1.54, 1.807) is 51.1 Å². The molecule has 44 heavy (non-hydrogen) atoms. The fraction of sp³-hybridized carbons (Fsp3) is 0.375. The number of nitrogens with zero attached hydrogens (tertiary/aromatic N) is 1. The van der Waals surface area contributed by atoms with E-state index >= 15 is 0 Å². The van der Waals surface area contributed by atoms with Crippen LogP contribution in [0.1, 0.15) is 51.8 Å². The van der Waals surface area contributed by atoms with Crippen LogP contribution in [0.2, 0.25) is 0 Å². The van der Waals surface area contributed by atoms with Crippen LogP contribution < -0.4 is 20.7 Å². The van der Waals surface area contributed by atoms with Gasteiger partial charge in [0.15, 0.2) is 6.04 Å². The van der Waals surface area contributed by atoms with Gasteiger partial charge < -0.3 is 39.8 Å². The van der Waals surface area contributed by atoms with Crippen LogP contribution in [0.5, 0.6) is 5.75 Å². The number of carboxylic acid groups (broad SMARTS) is 1. The Morgan fingerprint density at radius 1 is 0.932 bits per heavy atom. The molecule has 3 aromatic rings. The number of alkyl carbamates (subject to hydrolysis) is 1. The molecule has 0 bridgehead atoms. The average Bonchev–Trinajstić information content (AvgIpc) is 3.39. The topological polar surface area (TPSA) is 157 Å². The Kier molecular flexibility index (Phi) is 11.1. The summed E-state index contributed by atoms with van der Waals surface area (Å²) < 4.78 is 17.6. The normalized spacial score (nSPS) is 12.9. The first-order valence-electron chi connectivity index (χ1n) is 14.0. The zero-order chi connectivity index (χ0) is 32.5. The molecule has 3 amide bonds. The van der Waals surface area contributed by atoms with Crippen LogP contribution in [0.3, 0.4) is 0 Å². The van der Waals surface area contributed by atoms with Gasteiger partial charge in [-0.15, -0.1) is 0 Å². The molecule has 0 fully saturated rings. The smallest absolute Gasteiger partial charge is 0.408 e. The standard InChI is InChI=1S/C32H40N4O8/c1-31(2,3)44-30(41)35-32(4,5)29(40)34-25(20-43-19-21-10-8-7-9-11-21)27(37)33-23-16-17-36(18-23)26(28(38)39)22-12-14-24(42-6)15-13-22/h7-18,25-26H,19-20H2,1-6H3,(H,33,37)(H,34,40)(H,35,41)(H,38,39). The number of anilines is 1. The molecule has 0 saturated carbocycles. The number of aromatic nitrogens is 1. The van der Waals surface area contributed by atoms with Gasteiger partial charge in [0.1, 0.15) is 22.9 Å². The Morgan fingerprint density at radius 3 is 2.18 bits per heavy atom. The van der Waals surface area contributed by atoms with Crippen LogP contribution in [-0.2, 0) is 30.5 Å². The minimum atomic E-state index is -1.43. The lowest BCUT2D eigenvalue weighted by Gasteiger charge is -2.29. The number of carbonyl (C=O) groups excluding carboxylic acids is 3. The highest BCUT2D eigenvalue weighted by Gasteiger charge is 2.34. The lowest BCUT2D eigenvalue weighted by molar-refractivity contribution is -0.139. The predicted octanol–water partition coefficient (Wildman–Crippen LogP) is 4.11. The summed E-state index contributed by atoms with van der Waals surface area (Å²) in [5.41, 5.74) is -0.515. The van der Waals surface area contributed by atoms with Crippen LogP contribution in [0.25, 0.3) is 0 Å². The van der Waals surface area contributed by atoms with Crippen molar-refractivity contribution in [2.75, 3.05) is 19.0 Å². The summed E-state index contributed by atoms with van der Waals surface area (Å²) in [6.45, 7) is 8.08. The summed E-state index contributed by atoms with van der Waals surface area (Å²) in [6, 6.07) is 15.3. The molecular weight excluding hydrogens is 568 g/mol. The fourth-order valence-corrected chi connectivity index (χ4v) is 4.11. The van der Waals surface area contributed by atoms with Gasteiger partial charge in [-0.3, -0.25) is 9.59 Å². The average molecular weight is 609 g/mol. The Bertz CT molecular complexity index is 1430. The van der Waals surface area contributed by atoms with Gasteiger partial charge in [0.05, 0.1) is 26.0 Å². The van der Waals surface area contributed by atoms with Crippen molar-refractivity contribution in [3.8, 4) is 5.75 Å². The second-order valence-electron chi connectivity index (χ2n) is 11.6. The van der Waals surface area contributed by atoms with Gasteiger partial charge in [0.2, 0.25) is 11.8 Å². The largest absolute Gasteiger partial charge is 0.497 e. The fourth-order valence-electron chi connectivity index (χ4n) is 4.11. The maximum Gasteiger partial charge on any atom is 0.408 e. The van der Waals surface area contributed by atoms with Gasteiger partial charge in [-0.1, -0.05) is 42.5 Å². The number of ether oxygens (including phenoxy) is 3. The number of carbonyl (C=O) groups is 4. The molecule has 0 radical (unpaired) electrons. The third-order valence-electron chi connectivity index (χ3n) is 6.34. The highest BCUT2D eigenvalue weighted by Crippen LogP contribution is 2.24. The Morgan fingerprint density at radius 2 is 1.59 bits per heavy atom. The number of amides is 3. The minimum absolute atomic E-state index is 0.181. The van der Waals surface area contributed by atoms with Crippen LogP contribution in [0.4, 0.5) is 10.5 Å². The van der Waals surface area contributed by atoms with Gasteiger partial charge >= 0.3 is 12.1 Å². The number of aliphatic carboxylic acids is 1. The quantitative estimate of drug-likeness (QED) is 0.226. The molecule has 236 valence electrons. The summed E-state index contributed by atoms with van der Waals surface area (Å²) in [5, 5.41) is 17.8. The molecule has 1 aromatic heterocycles. The third-order valence-corrected chi connectivity index (χ3v) is 6.34. The summed E-state index contributed by atoms with van der Waals surface area (Å²) in [5.74, 6) is -1.75. The number of methoxy groups -OCH3 is 1. The highest BCUT2D eigenvalue weighted by molar-refractivity contribution is 5.99. The lowest BCUT2D eigenvalue weighted by atomic mass is 10.0. The van der Waals surface area contributed by atoms with Crippen molar-refractivity contribution in [1.29, 1.82) is 0 Å². The number of hydrogen-bond acceptors (Lipinski definition) is 7. The maximum atomic E-state index is 13.4. The number of hydrogen-bond donors (Lipinski definition) is 4. The van der Waals surface area contributed by atoms with Gasteiger partial charge in [0.25, 0.3) is 0 Å². The van der Waals surface area contributed by atoms with E-state index in [0.717, 1.165) is 5.56 Å². The second-order valence-corrected chi connectivity index (χ2v) is 11.6. The van der Waals surface area contributed by atoms with Crippen molar-refractivity contribution >= 4 is 29.6 Å². The molecule has 2 atom stereocenters. The first-order chi connectivity index (χ1) is 20.7. The summed E-state index contributed by atoms with van der Waals surface area (Å²) in [6.07, 6.45) is 2.23. The number of benzene rings is 2. The molecule has 0 spiro atoms. The maximum absolute atomic E-state index is 13.4. The molecule has 0 aliphatic carbocycles. The first kappa shape index (κ1) is 33.7. The molecule has 12 heteroatoms. The van der Waals surface area contributed by atoms with Crippen LogP contribution in [0, 0.1) is 0 Å². The van der Waals surface area contributed by atoms with E-state index in [9.17, 15) is 24.3 Å². The minimum Gasteiger partial charge on any atom is -0.497 e. The molecule has 0 aliphatic heterocycles.